The van der Waals surface area contributed by atoms with E-state index in [9.17, 15) is 9.18 Å². The molecule has 0 unspecified atom stereocenters. The molecule has 0 saturated carbocycles. The van der Waals surface area contributed by atoms with Crippen molar-refractivity contribution in [2.75, 3.05) is 18.8 Å². The summed E-state index contributed by atoms with van der Waals surface area (Å²) in [6.07, 6.45) is 7.76. The Morgan fingerprint density at radius 1 is 1.29 bits per heavy atom. The standard InChI is InChI=1S/C20H21FN6O/c1-2-17(28)26-7-5-13(6-8-26)10-27-11-15(16-4-3-14(21)9-23-16)18-19(22)24-12-25-20(18)27/h2-4,9,11-13H,1,5-8,10H2,(H2,22,24,25). The number of halogens is 1. The van der Waals surface area contributed by atoms with Crippen LogP contribution in [0, 0.1) is 11.7 Å². The molecule has 1 aliphatic rings. The van der Waals surface area contributed by atoms with Gasteiger partial charge in [0.2, 0.25) is 5.91 Å². The highest BCUT2D eigenvalue weighted by Crippen LogP contribution is 2.32. The largest absolute Gasteiger partial charge is 0.383 e. The van der Waals surface area contributed by atoms with Gasteiger partial charge in [0.1, 0.15) is 23.6 Å². The number of nitrogens with zero attached hydrogens (tertiary/aromatic N) is 5. The Labute approximate surface area is 161 Å². The Morgan fingerprint density at radius 3 is 2.75 bits per heavy atom. The van der Waals surface area contributed by atoms with Gasteiger partial charge < -0.3 is 15.2 Å². The maximum absolute atomic E-state index is 13.3. The molecule has 2 N–H and O–H groups in total. The summed E-state index contributed by atoms with van der Waals surface area (Å²) in [6, 6.07) is 3.00. The molecule has 0 aliphatic carbocycles. The summed E-state index contributed by atoms with van der Waals surface area (Å²) in [4.78, 5) is 26.3. The molecule has 144 valence electrons. The van der Waals surface area contributed by atoms with Crippen molar-refractivity contribution in [3.05, 3.63) is 49.3 Å². The molecule has 0 atom stereocenters. The summed E-state index contributed by atoms with van der Waals surface area (Å²) in [6.45, 7) is 5.75. The van der Waals surface area contributed by atoms with Crippen LogP contribution in [0.4, 0.5) is 10.2 Å². The number of nitrogens with two attached hydrogens (primary N) is 1. The third-order valence-electron chi connectivity index (χ3n) is 5.24. The lowest BCUT2D eigenvalue weighted by Gasteiger charge is -2.31. The summed E-state index contributed by atoms with van der Waals surface area (Å²) in [7, 11) is 0. The molecule has 1 saturated heterocycles. The number of likely N-dealkylation sites (tertiary alicyclic amines) is 1. The molecule has 1 amide bonds. The molecule has 7 nitrogen and oxygen atoms in total. The van der Waals surface area contributed by atoms with Crippen molar-refractivity contribution in [1.29, 1.82) is 0 Å². The van der Waals surface area contributed by atoms with E-state index in [1.54, 1.807) is 6.07 Å². The Bertz CT molecular complexity index is 1020. The molecule has 0 spiro atoms. The second-order valence-electron chi connectivity index (χ2n) is 6.99. The minimum atomic E-state index is -0.391. The van der Waals surface area contributed by atoms with Gasteiger partial charge in [-0.25, -0.2) is 14.4 Å². The van der Waals surface area contributed by atoms with Crippen molar-refractivity contribution in [3.8, 4) is 11.3 Å². The van der Waals surface area contributed by atoms with Gasteiger partial charge in [0.15, 0.2) is 0 Å². The second kappa shape index (κ2) is 7.38. The predicted octanol–water partition coefficient (Wildman–Crippen LogP) is 2.64. The number of fused-ring (bicyclic) bond motifs is 1. The van der Waals surface area contributed by atoms with Crippen LogP contribution in [0.5, 0.6) is 0 Å². The van der Waals surface area contributed by atoms with E-state index in [0.29, 0.717) is 17.4 Å². The van der Waals surface area contributed by atoms with E-state index in [2.05, 4.69) is 26.1 Å². The summed E-state index contributed by atoms with van der Waals surface area (Å²) in [5.74, 6) is 0.374. The van der Waals surface area contributed by atoms with Gasteiger partial charge in [-0.05, 0) is 37.0 Å². The topological polar surface area (TPSA) is 89.9 Å². The van der Waals surface area contributed by atoms with E-state index in [1.807, 2.05) is 11.1 Å². The number of anilines is 1. The average molecular weight is 380 g/mol. The highest BCUT2D eigenvalue weighted by molar-refractivity contribution is 5.99. The summed E-state index contributed by atoms with van der Waals surface area (Å²) >= 11 is 0. The van der Waals surface area contributed by atoms with Crippen molar-refractivity contribution in [1.82, 2.24) is 24.4 Å². The SMILES string of the molecule is C=CC(=O)N1CCC(Cn2cc(-c3ccc(F)cn3)c3c(N)ncnc32)CC1. The summed E-state index contributed by atoms with van der Waals surface area (Å²) in [5.41, 5.74) is 8.26. The maximum Gasteiger partial charge on any atom is 0.245 e. The van der Waals surface area contributed by atoms with Gasteiger partial charge in [0.05, 0.1) is 17.3 Å². The number of piperidine rings is 1. The molecular formula is C20H21FN6O. The van der Waals surface area contributed by atoms with Crippen LogP contribution in [0.2, 0.25) is 0 Å². The zero-order chi connectivity index (χ0) is 19.7. The van der Waals surface area contributed by atoms with E-state index in [1.165, 1.54) is 24.7 Å². The van der Waals surface area contributed by atoms with Crippen molar-refractivity contribution < 1.29 is 9.18 Å². The third-order valence-corrected chi connectivity index (χ3v) is 5.24. The van der Waals surface area contributed by atoms with Crippen LogP contribution in [0.15, 0.2) is 43.5 Å². The molecule has 4 rings (SSSR count). The third kappa shape index (κ3) is 3.33. The molecular weight excluding hydrogens is 359 g/mol. The van der Waals surface area contributed by atoms with E-state index in [0.717, 1.165) is 49.1 Å². The van der Waals surface area contributed by atoms with Crippen LogP contribution in [-0.2, 0) is 11.3 Å². The Kier molecular flexibility index (Phi) is 4.77. The molecule has 28 heavy (non-hydrogen) atoms. The number of carbonyl (C=O) groups excluding carboxylic acids is 1. The quantitative estimate of drug-likeness (QED) is 0.703. The number of pyridine rings is 1. The summed E-state index contributed by atoms with van der Waals surface area (Å²) in [5, 5.41) is 0.723. The van der Waals surface area contributed by atoms with Crippen LogP contribution >= 0.6 is 0 Å². The first-order chi connectivity index (χ1) is 13.6. The minimum Gasteiger partial charge on any atom is -0.383 e. The normalized spacial score (nSPS) is 15.1. The first kappa shape index (κ1) is 18.1. The molecule has 1 aliphatic heterocycles. The van der Waals surface area contributed by atoms with Crippen molar-refractivity contribution in [2.45, 2.75) is 19.4 Å². The first-order valence-corrected chi connectivity index (χ1v) is 9.19. The van der Waals surface area contributed by atoms with Crippen LogP contribution in [0.1, 0.15) is 12.8 Å². The Morgan fingerprint density at radius 2 is 2.07 bits per heavy atom. The average Bonchev–Trinajstić information content (AvgIpc) is 3.08. The maximum atomic E-state index is 13.3. The molecule has 0 radical (unpaired) electrons. The van der Waals surface area contributed by atoms with Crippen LogP contribution in [-0.4, -0.2) is 43.4 Å². The highest BCUT2D eigenvalue weighted by atomic mass is 19.1. The van der Waals surface area contributed by atoms with E-state index < -0.39 is 5.82 Å². The fourth-order valence-electron chi connectivity index (χ4n) is 3.76. The zero-order valence-electron chi connectivity index (χ0n) is 15.4. The van der Waals surface area contributed by atoms with Crippen LogP contribution in [0.25, 0.3) is 22.3 Å². The second-order valence-corrected chi connectivity index (χ2v) is 6.99. The minimum absolute atomic E-state index is 0.0185. The lowest BCUT2D eigenvalue weighted by atomic mass is 9.96. The monoisotopic (exact) mass is 380 g/mol. The molecule has 0 bridgehead atoms. The van der Waals surface area contributed by atoms with Gasteiger partial charge in [-0.3, -0.25) is 9.78 Å². The summed E-state index contributed by atoms with van der Waals surface area (Å²) < 4.78 is 15.3. The fraction of sp³-hybridized carbons (Fsp3) is 0.300. The smallest absolute Gasteiger partial charge is 0.245 e. The fourth-order valence-corrected chi connectivity index (χ4v) is 3.76. The van der Waals surface area contributed by atoms with Gasteiger partial charge in [-0.1, -0.05) is 6.58 Å². The molecule has 0 aromatic carbocycles. The van der Waals surface area contributed by atoms with Crippen molar-refractivity contribution in [3.63, 3.8) is 0 Å². The van der Waals surface area contributed by atoms with Crippen LogP contribution < -0.4 is 5.73 Å². The molecule has 4 heterocycles. The number of aromatic nitrogens is 4. The van der Waals surface area contributed by atoms with Crippen LogP contribution in [0.3, 0.4) is 0 Å². The van der Waals surface area contributed by atoms with Crippen molar-refractivity contribution in [2.24, 2.45) is 5.92 Å². The van der Waals surface area contributed by atoms with E-state index >= 15 is 0 Å². The number of hydrogen-bond donors (Lipinski definition) is 1. The Hall–Kier alpha value is -3.29. The van der Waals surface area contributed by atoms with E-state index in [4.69, 9.17) is 5.73 Å². The molecule has 3 aromatic rings. The van der Waals surface area contributed by atoms with E-state index in [-0.39, 0.29) is 5.91 Å². The number of hydrogen-bond acceptors (Lipinski definition) is 5. The van der Waals surface area contributed by atoms with Gasteiger partial charge in [-0.2, -0.15) is 0 Å². The number of amides is 1. The number of nitrogen functional groups attached to an aromatic ring is 1. The van der Waals surface area contributed by atoms with Gasteiger partial charge in [-0.15, -0.1) is 0 Å². The first-order valence-electron chi connectivity index (χ1n) is 9.19. The molecule has 1 fully saturated rings. The highest BCUT2D eigenvalue weighted by Gasteiger charge is 2.23. The zero-order valence-corrected chi connectivity index (χ0v) is 15.4. The lowest BCUT2D eigenvalue weighted by Crippen LogP contribution is -2.38. The molecule has 3 aromatic heterocycles. The Balaban J connectivity index is 1.63. The molecule has 8 heteroatoms. The van der Waals surface area contributed by atoms with Gasteiger partial charge in [0.25, 0.3) is 0 Å². The lowest BCUT2D eigenvalue weighted by molar-refractivity contribution is -0.127. The van der Waals surface area contributed by atoms with Crippen molar-refractivity contribution >= 4 is 22.8 Å². The predicted molar refractivity (Wildman–Crippen MR) is 105 cm³/mol. The number of rotatable bonds is 4. The number of carbonyl (C=O) groups is 1. The van der Waals surface area contributed by atoms with Gasteiger partial charge in [0, 0.05) is 31.4 Å². The van der Waals surface area contributed by atoms with Gasteiger partial charge >= 0.3 is 0 Å².